The topological polar surface area (TPSA) is 9.86 Å². The predicted molar refractivity (Wildman–Crippen MR) is 260 cm³/mol. The van der Waals surface area contributed by atoms with Crippen LogP contribution < -0.4 is 0 Å². The standard InChI is InChI=1S/C60H50N2/c1-59(2)49-35-56-50(36-55(49)61-53-27-25-41(37-17-9-5-10-18-37)29-45(53)47-31-43(33-51(59)57(47)61)39-21-13-7-14-22-39)60(3,4)52-34-44(40-23-15-8-16-24-40)32-48-46-30-42(38-19-11-6-12-20-38)26-28-54(46)62(56)58(48)52/h5-19,21-28,31-36,38,41-42H,20,29-30H2,1-4H3. The molecule has 5 aliphatic rings. The first-order valence-electron chi connectivity index (χ1n) is 22.7. The summed E-state index contributed by atoms with van der Waals surface area (Å²) < 4.78 is 5.34. The summed E-state index contributed by atoms with van der Waals surface area (Å²) in [5.41, 5.74) is 22.6. The van der Waals surface area contributed by atoms with Crippen molar-refractivity contribution in [1.82, 2.24) is 9.13 Å². The van der Waals surface area contributed by atoms with Crippen LogP contribution in [0, 0.1) is 11.8 Å². The van der Waals surface area contributed by atoms with Crippen molar-refractivity contribution in [3.63, 3.8) is 0 Å². The van der Waals surface area contributed by atoms with Crippen molar-refractivity contribution in [1.29, 1.82) is 0 Å². The molecule has 3 atom stereocenters. The first-order valence-corrected chi connectivity index (χ1v) is 22.7. The molecule has 62 heavy (non-hydrogen) atoms. The van der Waals surface area contributed by atoms with Crippen LogP contribution in [0.4, 0.5) is 0 Å². The summed E-state index contributed by atoms with van der Waals surface area (Å²) in [6.07, 6.45) is 22.3. The van der Waals surface area contributed by atoms with E-state index in [-0.39, 0.29) is 10.8 Å². The van der Waals surface area contributed by atoms with Crippen LogP contribution in [0.1, 0.15) is 90.4 Å². The quantitative estimate of drug-likeness (QED) is 0.168. The van der Waals surface area contributed by atoms with E-state index in [0.717, 1.165) is 19.3 Å². The Labute approximate surface area is 364 Å². The van der Waals surface area contributed by atoms with Crippen molar-refractivity contribution in [3.05, 3.63) is 214 Å². The maximum atomic E-state index is 2.68. The molecule has 3 aliphatic carbocycles. The fourth-order valence-corrected chi connectivity index (χ4v) is 12.2. The lowest BCUT2D eigenvalue weighted by Crippen LogP contribution is -2.31. The molecule has 0 N–H and O–H groups in total. The Morgan fingerprint density at radius 1 is 0.468 bits per heavy atom. The third-order valence-corrected chi connectivity index (χ3v) is 15.6. The number of rotatable bonds is 4. The summed E-state index contributed by atoms with van der Waals surface area (Å²) in [7, 11) is 0. The molecule has 0 fully saturated rings. The van der Waals surface area contributed by atoms with Gasteiger partial charge in [0.1, 0.15) is 0 Å². The van der Waals surface area contributed by atoms with Gasteiger partial charge in [0.25, 0.3) is 0 Å². The van der Waals surface area contributed by atoms with E-state index in [1.807, 2.05) is 0 Å². The second-order valence-electron chi connectivity index (χ2n) is 19.6. The Kier molecular flexibility index (Phi) is 7.53. The smallest absolute Gasteiger partial charge is 0.0579 e. The molecule has 4 heterocycles. The minimum Gasteiger partial charge on any atom is -0.309 e. The van der Waals surface area contributed by atoms with Crippen molar-refractivity contribution in [2.24, 2.45) is 11.8 Å². The summed E-state index contributed by atoms with van der Waals surface area (Å²) in [6.45, 7) is 9.92. The van der Waals surface area contributed by atoms with E-state index in [4.69, 9.17) is 0 Å². The molecule has 300 valence electrons. The maximum absolute atomic E-state index is 2.68. The van der Waals surface area contributed by atoms with Gasteiger partial charge in [-0.3, -0.25) is 0 Å². The Bertz CT molecular complexity index is 3310. The lowest BCUT2D eigenvalue weighted by atomic mass is 9.69. The highest BCUT2D eigenvalue weighted by Crippen LogP contribution is 2.55. The second-order valence-corrected chi connectivity index (χ2v) is 19.6. The molecule has 0 saturated heterocycles. The molecule has 0 bridgehead atoms. The summed E-state index contributed by atoms with van der Waals surface area (Å²) in [6, 6.07) is 48.4. The predicted octanol–water partition coefficient (Wildman–Crippen LogP) is 14.9. The van der Waals surface area contributed by atoms with E-state index in [9.17, 15) is 0 Å². The van der Waals surface area contributed by atoms with Gasteiger partial charge in [0.2, 0.25) is 0 Å². The van der Waals surface area contributed by atoms with E-state index in [1.54, 1.807) is 0 Å². The van der Waals surface area contributed by atoms with Crippen LogP contribution in [0.3, 0.4) is 0 Å². The summed E-state index contributed by atoms with van der Waals surface area (Å²) in [5, 5.41) is 2.80. The first-order chi connectivity index (χ1) is 30.3. The number of benzene rings is 6. The molecule has 2 heteroatoms. The molecule has 2 nitrogen and oxygen atoms in total. The summed E-state index contributed by atoms with van der Waals surface area (Å²) in [4.78, 5) is 0. The van der Waals surface area contributed by atoms with Gasteiger partial charge in [0, 0.05) is 38.9 Å². The van der Waals surface area contributed by atoms with E-state index in [1.165, 1.54) is 106 Å². The van der Waals surface area contributed by atoms with Gasteiger partial charge in [0.15, 0.2) is 0 Å². The summed E-state index contributed by atoms with van der Waals surface area (Å²) in [5.74, 6) is 1.32. The SMILES string of the molecule is CC1(C)c2cc3c(cc2-n2c4c(c5cc(-c6ccccc6)cc1c52)CC(c1ccccc1)C=C4)C(C)(C)c1cc(-c2ccccc2)cc2c4c(n-3c12)C=CC(C1C=CC=CC1)C4. The van der Waals surface area contributed by atoms with Gasteiger partial charge < -0.3 is 9.13 Å². The van der Waals surface area contributed by atoms with Gasteiger partial charge in [0.05, 0.1) is 22.4 Å². The van der Waals surface area contributed by atoms with Crippen molar-refractivity contribution in [2.75, 3.05) is 0 Å². The van der Waals surface area contributed by atoms with Crippen molar-refractivity contribution in [3.8, 4) is 33.6 Å². The van der Waals surface area contributed by atoms with E-state index in [2.05, 4.69) is 213 Å². The van der Waals surface area contributed by atoms with Gasteiger partial charge in [-0.1, -0.05) is 155 Å². The number of hydrogen-bond acceptors (Lipinski definition) is 0. The van der Waals surface area contributed by atoms with E-state index < -0.39 is 0 Å². The second kappa shape index (κ2) is 12.9. The molecule has 0 amide bonds. The minimum atomic E-state index is -0.261. The van der Waals surface area contributed by atoms with Gasteiger partial charge in [-0.25, -0.2) is 0 Å². The number of hydrogen-bond donors (Lipinski definition) is 0. The molecule has 3 unspecified atom stereocenters. The number of allylic oxidation sites excluding steroid dienone is 6. The van der Waals surface area contributed by atoms with Crippen LogP contribution in [-0.2, 0) is 23.7 Å². The molecule has 8 aromatic rings. The average molecular weight is 799 g/mol. The lowest BCUT2D eigenvalue weighted by Gasteiger charge is -2.40. The van der Waals surface area contributed by atoms with Crippen molar-refractivity contribution >= 4 is 34.0 Å². The highest BCUT2D eigenvalue weighted by Gasteiger charge is 2.43. The molecular weight excluding hydrogens is 749 g/mol. The fraction of sp³-hybridized carbons (Fsp3) is 0.200. The zero-order valence-corrected chi connectivity index (χ0v) is 36.0. The van der Waals surface area contributed by atoms with Crippen LogP contribution in [0.2, 0.25) is 0 Å². The molecule has 0 radical (unpaired) electrons. The van der Waals surface area contributed by atoms with Gasteiger partial charge >= 0.3 is 0 Å². The van der Waals surface area contributed by atoms with Crippen LogP contribution in [0.25, 0.3) is 67.6 Å². The highest BCUT2D eigenvalue weighted by atomic mass is 15.0. The molecule has 0 saturated carbocycles. The number of nitrogens with zero attached hydrogens (tertiary/aromatic N) is 2. The maximum Gasteiger partial charge on any atom is 0.0579 e. The zero-order valence-electron chi connectivity index (χ0n) is 36.0. The van der Waals surface area contributed by atoms with E-state index in [0.29, 0.717) is 17.8 Å². The Hall–Kier alpha value is -6.64. The molecule has 13 rings (SSSR count). The average Bonchev–Trinajstić information content (AvgIpc) is 3.83. The number of aromatic nitrogens is 2. The van der Waals surface area contributed by atoms with Crippen LogP contribution in [0.15, 0.2) is 164 Å². The Balaban J connectivity index is 1.08. The molecule has 0 spiro atoms. The number of fused-ring (bicyclic) bond motifs is 10. The normalized spacial score (nSPS) is 20.5. The molecule has 6 aromatic carbocycles. The van der Waals surface area contributed by atoms with Crippen LogP contribution in [-0.4, -0.2) is 9.13 Å². The zero-order chi connectivity index (χ0) is 41.5. The van der Waals surface area contributed by atoms with Gasteiger partial charge in [-0.2, -0.15) is 0 Å². The largest absolute Gasteiger partial charge is 0.309 e. The van der Waals surface area contributed by atoms with Gasteiger partial charge in [-0.05, 0) is 141 Å². The highest BCUT2D eigenvalue weighted by molar-refractivity contribution is 6.01. The van der Waals surface area contributed by atoms with E-state index >= 15 is 0 Å². The summed E-state index contributed by atoms with van der Waals surface area (Å²) >= 11 is 0. The van der Waals surface area contributed by atoms with Gasteiger partial charge in [-0.15, -0.1) is 0 Å². The third-order valence-electron chi connectivity index (χ3n) is 15.6. The molecular formula is C60H50N2. The monoisotopic (exact) mass is 798 g/mol. The minimum absolute atomic E-state index is 0.257. The Morgan fingerprint density at radius 2 is 0.984 bits per heavy atom. The van der Waals surface area contributed by atoms with Crippen LogP contribution in [0.5, 0.6) is 0 Å². The van der Waals surface area contributed by atoms with Crippen molar-refractivity contribution in [2.45, 2.75) is 63.7 Å². The van der Waals surface area contributed by atoms with Crippen LogP contribution >= 0.6 is 0 Å². The molecule has 2 aliphatic heterocycles. The lowest BCUT2D eigenvalue weighted by molar-refractivity contribution is 0.472. The first kappa shape index (κ1) is 36.1. The Morgan fingerprint density at radius 3 is 1.52 bits per heavy atom. The molecule has 2 aromatic heterocycles. The van der Waals surface area contributed by atoms with Crippen molar-refractivity contribution < 1.29 is 0 Å². The third kappa shape index (κ3) is 4.98. The fourth-order valence-electron chi connectivity index (χ4n) is 12.2.